The lowest BCUT2D eigenvalue weighted by Crippen LogP contribution is -2.34. The highest BCUT2D eigenvalue weighted by Gasteiger charge is 2.17. The SMILES string of the molecule is COc1ccc(C(=O)OCC(=O)NC(=O)c2ccc(C(C)(C)C)cc2)cc1F. The van der Waals surface area contributed by atoms with Gasteiger partial charge in [-0.05, 0) is 41.3 Å². The molecule has 2 rings (SSSR count). The highest BCUT2D eigenvalue weighted by molar-refractivity contribution is 6.05. The summed E-state index contributed by atoms with van der Waals surface area (Å²) in [5.41, 5.74) is 1.23. The molecular weight excluding hydrogens is 365 g/mol. The molecular formula is C21H22FNO5. The van der Waals surface area contributed by atoms with Crippen molar-refractivity contribution in [3.8, 4) is 5.75 Å². The first-order valence-electron chi connectivity index (χ1n) is 8.57. The van der Waals surface area contributed by atoms with E-state index in [0.717, 1.165) is 11.6 Å². The molecule has 0 bridgehead atoms. The summed E-state index contributed by atoms with van der Waals surface area (Å²) in [4.78, 5) is 35.9. The maximum absolute atomic E-state index is 13.6. The van der Waals surface area contributed by atoms with E-state index in [0.29, 0.717) is 5.56 Å². The van der Waals surface area contributed by atoms with E-state index in [1.165, 1.54) is 19.2 Å². The number of esters is 1. The van der Waals surface area contributed by atoms with Gasteiger partial charge < -0.3 is 9.47 Å². The zero-order valence-electron chi connectivity index (χ0n) is 16.2. The molecule has 0 aliphatic heterocycles. The van der Waals surface area contributed by atoms with Crippen LogP contribution in [-0.4, -0.2) is 31.5 Å². The summed E-state index contributed by atoms with van der Waals surface area (Å²) in [5.74, 6) is -3.02. The van der Waals surface area contributed by atoms with Crippen molar-refractivity contribution in [3.05, 3.63) is 65.0 Å². The predicted molar refractivity (Wildman–Crippen MR) is 101 cm³/mol. The van der Waals surface area contributed by atoms with Crippen LogP contribution in [0, 0.1) is 5.82 Å². The lowest BCUT2D eigenvalue weighted by atomic mass is 9.87. The Morgan fingerprint density at radius 1 is 1.00 bits per heavy atom. The number of methoxy groups -OCH3 is 1. The summed E-state index contributed by atoms with van der Waals surface area (Å²) >= 11 is 0. The van der Waals surface area contributed by atoms with E-state index in [1.54, 1.807) is 12.1 Å². The Balaban J connectivity index is 1.90. The minimum atomic E-state index is -0.890. The molecule has 0 unspecified atom stereocenters. The number of imide groups is 1. The van der Waals surface area contributed by atoms with Crippen LogP contribution >= 0.6 is 0 Å². The van der Waals surface area contributed by atoms with Crippen molar-refractivity contribution in [3.63, 3.8) is 0 Å². The van der Waals surface area contributed by atoms with E-state index in [-0.39, 0.29) is 16.7 Å². The lowest BCUT2D eigenvalue weighted by Gasteiger charge is -2.19. The zero-order valence-corrected chi connectivity index (χ0v) is 16.2. The van der Waals surface area contributed by atoms with E-state index < -0.39 is 30.2 Å². The van der Waals surface area contributed by atoms with Crippen LogP contribution in [0.4, 0.5) is 4.39 Å². The summed E-state index contributed by atoms with van der Waals surface area (Å²) in [6.45, 7) is 5.48. The van der Waals surface area contributed by atoms with E-state index in [4.69, 9.17) is 9.47 Å². The van der Waals surface area contributed by atoms with Gasteiger partial charge in [0.2, 0.25) is 0 Å². The molecule has 0 aromatic heterocycles. The number of hydrogen-bond acceptors (Lipinski definition) is 5. The molecule has 0 atom stereocenters. The number of benzene rings is 2. The Kier molecular flexibility index (Phi) is 6.51. The average Bonchev–Trinajstić information content (AvgIpc) is 2.65. The number of carbonyl (C=O) groups is 3. The first-order chi connectivity index (χ1) is 13.1. The van der Waals surface area contributed by atoms with Crippen LogP contribution in [0.25, 0.3) is 0 Å². The molecule has 0 saturated carbocycles. The fraction of sp³-hybridized carbons (Fsp3) is 0.286. The molecule has 2 aromatic rings. The van der Waals surface area contributed by atoms with E-state index in [2.05, 4.69) is 26.1 Å². The van der Waals surface area contributed by atoms with Gasteiger partial charge in [0, 0.05) is 5.56 Å². The van der Waals surface area contributed by atoms with Crippen LogP contribution in [0.5, 0.6) is 5.75 Å². The molecule has 0 spiro atoms. The summed E-state index contributed by atoms with van der Waals surface area (Å²) in [6.07, 6.45) is 0. The summed E-state index contributed by atoms with van der Waals surface area (Å²) in [6, 6.07) is 10.4. The second kappa shape index (κ2) is 8.65. The van der Waals surface area contributed by atoms with Crippen molar-refractivity contribution < 1.29 is 28.2 Å². The number of nitrogens with one attached hydrogen (secondary N) is 1. The highest BCUT2D eigenvalue weighted by Crippen LogP contribution is 2.22. The minimum Gasteiger partial charge on any atom is -0.494 e. The maximum Gasteiger partial charge on any atom is 0.338 e. The van der Waals surface area contributed by atoms with Gasteiger partial charge in [0.15, 0.2) is 18.2 Å². The minimum absolute atomic E-state index is 0.0163. The lowest BCUT2D eigenvalue weighted by molar-refractivity contribution is -0.123. The molecule has 0 radical (unpaired) electrons. The number of amides is 2. The summed E-state index contributed by atoms with van der Waals surface area (Å²) in [7, 11) is 1.30. The van der Waals surface area contributed by atoms with Gasteiger partial charge in [-0.15, -0.1) is 0 Å². The molecule has 7 heteroatoms. The van der Waals surface area contributed by atoms with Crippen LogP contribution in [0.15, 0.2) is 42.5 Å². The van der Waals surface area contributed by atoms with Crippen molar-refractivity contribution in [1.29, 1.82) is 0 Å². The van der Waals surface area contributed by atoms with Gasteiger partial charge in [-0.25, -0.2) is 9.18 Å². The van der Waals surface area contributed by atoms with Gasteiger partial charge in [-0.2, -0.15) is 0 Å². The smallest absolute Gasteiger partial charge is 0.338 e. The van der Waals surface area contributed by atoms with Crippen LogP contribution in [0.3, 0.4) is 0 Å². The average molecular weight is 387 g/mol. The number of hydrogen-bond donors (Lipinski definition) is 1. The highest BCUT2D eigenvalue weighted by atomic mass is 19.1. The van der Waals surface area contributed by atoms with Crippen LogP contribution in [-0.2, 0) is 14.9 Å². The molecule has 0 fully saturated rings. The summed E-state index contributed by atoms with van der Waals surface area (Å²) < 4.78 is 23.2. The van der Waals surface area contributed by atoms with Gasteiger partial charge in [-0.1, -0.05) is 32.9 Å². The quantitative estimate of drug-likeness (QED) is 0.797. The molecule has 6 nitrogen and oxygen atoms in total. The molecule has 2 amide bonds. The molecule has 0 heterocycles. The Hall–Kier alpha value is -3.22. The number of ether oxygens (including phenoxy) is 2. The van der Waals surface area contributed by atoms with Gasteiger partial charge in [0.25, 0.3) is 11.8 Å². The molecule has 0 aliphatic rings. The summed E-state index contributed by atoms with van der Waals surface area (Å²) in [5, 5.41) is 2.14. The van der Waals surface area contributed by atoms with Crippen LogP contribution < -0.4 is 10.1 Å². The Morgan fingerprint density at radius 3 is 2.14 bits per heavy atom. The van der Waals surface area contributed by atoms with Gasteiger partial charge in [0.1, 0.15) is 0 Å². The molecule has 2 aromatic carbocycles. The largest absolute Gasteiger partial charge is 0.494 e. The molecule has 0 aliphatic carbocycles. The van der Waals surface area contributed by atoms with E-state index in [9.17, 15) is 18.8 Å². The molecule has 1 N–H and O–H groups in total. The van der Waals surface area contributed by atoms with Gasteiger partial charge in [-0.3, -0.25) is 14.9 Å². The molecule has 28 heavy (non-hydrogen) atoms. The van der Waals surface area contributed by atoms with Crippen molar-refractivity contribution >= 4 is 17.8 Å². The van der Waals surface area contributed by atoms with Gasteiger partial charge in [0.05, 0.1) is 12.7 Å². The van der Waals surface area contributed by atoms with E-state index >= 15 is 0 Å². The number of halogens is 1. The number of rotatable bonds is 5. The normalized spacial score (nSPS) is 10.9. The third kappa shape index (κ3) is 5.39. The maximum atomic E-state index is 13.6. The first kappa shape index (κ1) is 21.1. The topological polar surface area (TPSA) is 81.7 Å². The third-order valence-corrected chi connectivity index (χ3v) is 3.99. The zero-order chi connectivity index (χ0) is 20.9. The van der Waals surface area contributed by atoms with Gasteiger partial charge >= 0.3 is 5.97 Å². The number of carbonyl (C=O) groups excluding carboxylic acids is 3. The van der Waals surface area contributed by atoms with E-state index in [1.807, 2.05) is 12.1 Å². The van der Waals surface area contributed by atoms with Crippen molar-refractivity contribution in [1.82, 2.24) is 5.32 Å². The van der Waals surface area contributed by atoms with Crippen LogP contribution in [0.2, 0.25) is 0 Å². The fourth-order valence-corrected chi connectivity index (χ4v) is 2.36. The predicted octanol–water partition coefficient (Wildman–Crippen LogP) is 3.25. The van der Waals surface area contributed by atoms with Crippen LogP contribution in [0.1, 0.15) is 47.1 Å². The second-order valence-corrected chi connectivity index (χ2v) is 7.13. The monoisotopic (exact) mass is 387 g/mol. The standard InChI is InChI=1S/C21H22FNO5/c1-21(2,3)15-8-5-13(6-9-15)19(25)23-18(24)12-28-20(26)14-7-10-17(27-4)16(22)11-14/h5-11H,12H2,1-4H3,(H,23,24,25). The Morgan fingerprint density at radius 2 is 1.61 bits per heavy atom. The Bertz CT molecular complexity index is 885. The first-order valence-corrected chi connectivity index (χ1v) is 8.57. The fourth-order valence-electron chi connectivity index (χ4n) is 2.36. The van der Waals surface area contributed by atoms with Crippen molar-refractivity contribution in [2.45, 2.75) is 26.2 Å². The van der Waals surface area contributed by atoms with Crippen molar-refractivity contribution in [2.24, 2.45) is 0 Å². The molecule has 0 saturated heterocycles. The third-order valence-electron chi connectivity index (χ3n) is 3.99. The Labute approximate surface area is 162 Å². The van der Waals surface area contributed by atoms with Crippen molar-refractivity contribution in [2.75, 3.05) is 13.7 Å². The molecule has 148 valence electrons. The second-order valence-electron chi connectivity index (χ2n) is 7.13.